The van der Waals surface area contributed by atoms with E-state index in [1.165, 1.54) is 50.3 Å². The number of halogens is 2. The van der Waals surface area contributed by atoms with Gasteiger partial charge in [-0.05, 0) is 18.6 Å². The van der Waals surface area contributed by atoms with Gasteiger partial charge in [0.1, 0.15) is 17.4 Å². The molecule has 0 saturated heterocycles. The van der Waals surface area contributed by atoms with Gasteiger partial charge in [-0.25, -0.2) is 8.78 Å². The standard InChI is InChI=1S/C18H26F2O/c1-2-3-4-5-6-7-8-9-11-15(21)14-16-17(19)12-10-13-18(16)20/h10,12-13H,2-9,11,14H2,1H3. The summed E-state index contributed by atoms with van der Waals surface area (Å²) < 4.78 is 26.8. The van der Waals surface area contributed by atoms with Crippen LogP contribution in [-0.2, 0) is 11.2 Å². The van der Waals surface area contributed by atoms with E-state index in [1.54, 1.807) is 0 Å². The summed E-state index contributed by atoms with van der Waals surface area (Å²) >= 11 is 0. The highest BCUT2D eigenvalue weighted by Gasteiger charge is 2.12. The maximum Gasteiger partial charge on any atom is 0.137 e. The summed E-state index contributed by atoms with van der Waals surface area (Å²) in [5.74, 6) is -1.33. The predicted molar refractivity (Wildman–Crippen MR) is 82.3 cm³/mol. The minimum atomic E-state index is -0.626. The Bertz CT molecular complexity index is 409. The summed E-state index contributed by atoms with van der Waals surface area (Å²) in [5, 5.41) is 0. The van der Waals surface area contributed by atoms with Gasteiger partial charge in [-0.15, -0.1) is 0 Å². The lowest BCUT2D eigenvalue weighted by Crippen LogP contribution is -2.06. The Balaban J connectivity index is 2.14. The number of rotatable bonds is 11. The van der Waals surface area contributed by atoms with Gasteiger partial charge in [0.05, 0.1) is 0 Å². The molecule has 0 saturated carbocycles. The first-order chi connectivity index (χ1) is 10.1. The first-order valence-corrected chi connectivity index (χ1v) is 8.09. The SMILES string of the molecule is CCCCCCCCCCC(=O)Cc1c(F)cccc1F. The molecule has 0 amide bonds. The summed E-state index contributed by atoms with van der Waals surface area (Å²) in [6.07, 6.45) is 9.61. The second-order valence-corrected chi connectivity index (χ2v) is 5.64. The van der Waals surface area contributed by atoms with Crippen LogP contribution in [0.5, 0.6) is 0 Å². The normalized spacial score (nSPS) is 10.8. The Labute approximate surface area is 126 Å². The molecule has 0 heterocycles. The number of carbonyl (C=O) groups excluding carboxylic acids is 1. The molecule has 0 atom stereocenters. The highest BCUT2D eigenvalue weighted by atomic mass is 19.1. The van der Waals surface area contributed by atoms with Gasteiger partial charge >= 0.3 is 0 Å². The average molecular weight is 296 g/mol. The minimum Gasteiger partial charge on any atom is -0.299 e. The number of unbranched alkanes of at least 4 members (excludes halogenated alkanes) is 7. The third-order valence-electron chi connectivity index (χ3n) is 3.74. The van der Waals surface area contributed by atoms with Crippen molar-refractivity contribution in [2.45, 2.75) is 71.1 Å². The number of hydrogen-bond acceptors (Lipinski definition) is 1. The number of ketones is 1. The van der Waals surface area contributed by atoms with Crippen molar-refractivity contribution in [1.82, 2.24) is 0 Å². The molecule has 0 unspecified atom stereocenters. The third kappa shape index (κ3) is 7.35. The third-order valence-corrected chi connectivity index (χ3v) is 3.74. The van der Waals surface area contributed by atoms with Crippen LogP contribution in [0.3, 0.4) is 0 Å². The zero-order valence-corrected chi connectivity index (χ0v) is 13.0. The van der Waals surface area contributed by atoms with Gasteiger partial charge in [-0.1, -0.05) is 57.9 Å². The fraction of sp³-hybridized carbons (Fsp3) is 0.611. The van der Waals surface area contributed by atoms with E-state index in [4.69, 9.17) is 0 Å². The molecule has 0 radical (unpaired) electrons. The van der Waals surface area contributed by atoms with Crippen LogP contribution < -0.4 is 0 Å². The van der Waals surface area contributed by atoms with E-state index in [0.29, 0.717) is 6.42 Å². The molecule has 0 fully saturated rings. The first-order valence-electron chi connectivity index (χ1n) is 8.09. The van der Waals surface area contributed by atoms with Crippen LogP contribution in [0.4, 0.5) is 8.78 Å². The van der Waals surface area contributed by atoms with Crippen LogP contribution in [-0.4, -0.2) is 5.78 Å². The molecular weight excluding hydrogens is 270 g/mol. The van der Waals surface area contributed by atoms with Gasteiger partial charge in [0.25, 0.3) is 0 Å². The Morgan fingerprint density at radius 2 is 1.43 bits per heavy atom. The number of hydrogen-bond donors (Lipinski definition) is 0. The second kappa shape index (κ2) is 10.5. The molecule has 0 spiro atoms. The topological polar surface area (TPSA) is 17.1 Å². The largest absolute Gasteiger partial charge is 0.299 e. The van der Waals surface area contributed by atoms with Crippen molar-refractivity contribution < 1.29 is 13.6 Å². The molecule has 1 aromatic rings. The molecule has 1 nitrogen and oxygen atoms in total. The zero-order chi connectivity index (χ0) is 15.5. The van der Waals surface area contributed by atoms with Crippen LogP contribution in [0.2, 0.25) is 0 Å². The Morgan fingerprint density at radius 3 is 2.00 bits per heavy atom. The van der Waals surface area contributed by atoms with Crippen LogP contribution in [0, 0.1) is 11.6 Å². The quantitative estimate of drug-likeness (QED) is 0.485. The molecule has 1 aromatic carbocycles. The molecule has 1 rings (SSSR count). The smallest absolute Gasteiger partial charge is 0.137 e. The van der Waals surface area contributed by atoms with Crippen molar-refractivity contribution in [2.24, 2.45) is 0 Å². The number of carbonyl (C=O) groups is 1. The lowest BCUT2D eigenvalue weighted by Gasteiger charge is -2.05. The van der Waals surface area contributed by atoms with E-state index in [2.05, 4.69) is 6.92 Å². The van der Waals surface area contributed by atoms with E-state index < -0.39 is 11.6 Å². The monoisotopic (exact) mass is 296 g/mol. The van der Waals surface area contributed by atoms with E-state index in [9.17, 15) is 13.6 Å². The van der Waals surface area contributed by atoms with Gasteiger partial charge < -0.3 is 0 Å². The molecule has 0 aliphatic heterocycles. The van der Waals surface area contributed by atoms with Crippen LogP contribution in [0.25, 0.3) is 0 Å². The van der Waals surface area contributed by atoms with Crippen molar-refractivity contribution in [3.63, 3.8) is 0 Å². The number of Topliss-reactive ketones (excluding diaryl/α,β-unsaturated/α-hetero) is 1. The van der Waals surface area contributed by atoms with Gasteiger partial charge in [0, 0.05) is 18.4 Å². The highest BCUT2D eigenvalue weighted by Crippen LogP contribution is 2.15. The van der Waals surface area contributed by atoms with Gasteiger partial charge in [-0.2, -0.15) is 0 Å². The fourth-order valence-electron chi connectivity index (χ4n) is 2.44. The molecule has 0 N–H and O–H groups in total. The molecule has 0 aliphatic rings. The molecule has 0 bridgehead atoms. The molecule has 3 heteroatoms. The Morgan fingerprint density at radius 1 is 0.905 bits per heavy atom. The summed E-state index contributed by atoms with van der Waals surface area (Å²) in [4.78, 5) is 11.8. The Hall–Kier alpha value is -1.25. The molecule has 118 valence electrons. The predicted octanol–water partition coefficient (Wildman–Crippen LogP) is 5.61. The van der Waals surface area contributed by atoms with Crippen LogP contribution >= 0.6 is 0 Å². The molecular formula is C18H26F2O. The molecule has 21 heavy (non-hydrogen) atoms. The minimum absolute atomic E-state index is 0.0787. The lowest BCUT2D eigenvalue weighted by molar-refractivity contribution is -0.118. The van der Waals surface area contributed by atoms with Crippen LogP contribution in [0.15, 0.2) is 18.2 Å². The van der Waals surface area contributed by atoms with Crippen molar-refractivity contribution >= 4 is 5.78 Å². The van der Waals surface area contributed by atoms with E-state index in [1.807, 2.05) is 0 Å². The summed E-state index contributed by atoms with van der Waals surface area (Å²) in [6, 6.07) is 3.71. The van der Waals surface area contributed by atoms with Crippen molar-refractivity contribution in [1.29, 1.82) is 0 Å². The first kappa shape index (κ1) is 17.8. The molecule has 0 aromatic heterocycles. The summed E-state index contributed by atoms with van der Waals surface area (Å²) in [7, 11) is 0. The number of benzene rings is 1. The summed E-state index contributed by atoms with van der Waals surface area (Å²) in [6.45, 7) is 2.20. The Kier molecular flexibility index (Phi) is 8.88. The maximum absolute atomic E-state index is 13.4. The zero-order valence-electron chi connectivity index (χ0n) is 13.0. The van der Waals surface area contributed by atoms with Crippen LogP contribution in [0.1, 0.15) is 70.3 Å². The summed E-state index contributed by atoms with van der Waals surface area (Å²) in [5.41, 5.74) is -0.0953. The van der Waals surface area contributed by atoms with Gasteiger partial charge in [-0.3, -0.25) is 4.79 Å². The second-order valence-electron chi connectivity index (χ2n) is 5.64. The van der Waals surface area contributed by atoms with E-state index in [0.717, 1.165) is 19.3 Å². The lowest BCUT2D eigenvalue weighted by atomic mass is 10.0. The van der Waals surface area contributed by atoms with Crippen molar-refractivity contribution in [3.05, 3.63) is 35.4 Å². The van der Waals surface area contributed by atoms with Crippen molar-refractivity contribution in [2.75, 3.05) is 0 Å². The average Bonchev–Trinajstić information content (AvgIpc) is 2.46. The molecule has 0 aliphatic carbocycles. The van der Waals surface area contributed by atoms with E-state index >= 15 is 0 Å². The van der Waals surface area contributed by atoms with Gasteiger partial charge in [0.2, 0.25) is 0 Å². The highest BCUT2D eigenvalue weighted by molar-refractivity contribution is 5.80. The van der Waals surface area contributed by atoms with Gasteiger partial charge in [0.15, 0.2) is 0 Å². The van der Waals surface area contributed by atoms with E-state index in [-0.39, 0.29) is 17.8 Å². The fourth-order valence-corrected chi connectivity index (χ4v) is 2.44. The maximum atomic E-state index is 13.4. The van der Waals surface area contributed by atoms with Crippen molar-refractivity contribution in [3.8, 4) is 0 Å².